The number of aliphatic hydroxyl groups is 1. The van der Waals surface area contributed by atoms with Crippen LogP contribution in [0.2, 0.25) is 0 Å². The molecule has 128 valence electrons. The van der Waals surface area contributed by atoms with Crippen LogP contribution in [0.15, 0.2) is 0 Å². The summed E-state index contributed by atoms with van der Waals surface area (Å²) in [6.45, 7) is 3.15. The van der Waals surface area contributed by atoms with E-state index in [-0.39, 0.29) is 5.91 Å². The number of hydrogen-bond donors (Lipinski definition) is 4. The lowest BCUT2D eigenvalue weighted by atomic mass is 10.1. The summed E-state index contributed by atoms with van der Waals surface area (Å²) >= 11 is 1.88. The van der Waals surface area contributed by atoms with Crippen molar-refractivity contribution >= 4 is 23.6 Å². The molecular weight excluding hydrogens is 306 g/mol. The predicted octanol–water partition coefficient (Wildman–Crippen LogP) is -0.205. The normalized spacial score (nSPS) is 24.0. The minimum atomic E-state index is -0.631. The number of unbranched alkanes of at least 4 members (excludes halogenated alkanes) is 1. The van der Waals surface area contributed by atoms with Crippen LogP contribution >= 0.6 is 11.8 Å². The van der Waals surface area contributed by atoms with Gasteiger partial charge in [-0.05, 0) is 19.8 Å². The summed E-state index contributed by atoms with van der Waals surface area (Å²) in [5, 5.41) is 18.6. The maximum atomic E-state index is 11.7. The van der Waals surface area contributed by atoms with E-state index in [0.29, 0.717) is 11.7 Å². The number of amides is 1. The summed E-state index contributed by atoms with van der Waals surface area (Å²) in [6.07, 6.45) is 2.52. The Hall–Kier alpha value is -0.830. The van der Waals surface area contributed by atoms with Gasteiger partial charge in [0.25, 0.3) is 0 Å². The number of carbonyl (C=O) groups excluding carboxylic acids is 2. The maximum Gasteiger partial charge on any atom is 0.328 e. The highest BCUT2D eigenvalue weighted by Gasteiger charge is 2.16. The van der Waals surface area contributed by atoms with Gasteiger partial charge in [-0.3, -0.25) is 15.4 Å². The van der Waals surface area contributed by atoms with E-state index < -0.39 is 18.4 Å². The van der Waals surface area contributed by atoms with Crippen LogP contribution in [0.4, 0.5) is 0 Å². The molecule has 0 aromatic heterocycles. The molecule has 3 atom stereocenters. The van der Waals surface area contributed by atoms with Gasteiger partial charge in [-0.1, -0.05) is 6.42 Å². The third-order valence-electron chi connectivity index (χ3n) is 3.44. The number of rotatable bonds is 7. The quantitative estimate of drug-likeness (QED) is 0.378. The van der Waals surface area contributed by atoms with E-state index in [1.807, 2.05) is 11.8 Å². The van der Waals surface area contributed by atoms with Crippen molar-refractivity contribution in [3.8, 4) is 0 Å². The summed E-state index contributed by atoms with van der Waals surface area (Å²) in [4.78, 5) is 22.9. The molecule has 0 aliphatic carbocycles. The zero-order valence-corrected chi connectivity index (χ0v) is 14.1. The van der Waals surface area contributed by atoms with Crippen LogP contribution in [-0.2, 0) is 14.3 Å². The molecule has 1 rings (SSSR count). The van der Waals surface area contributed by atoms with Crippen molar-refractivity contribution in [3.63, 3.8) is 0 Å². The van der Waals surface area contributed by atoms with Crippen LogP contribution in [0, 0.1) is 0 Å². The summed E-state index contributed by atoms with van der Waals surface area (Å²) < 4.78 is 4.56. The van der Waals surface area contributed by atoms with E-state index in [1.54, 1.807) is 6.92 Å². The minimum Gasteiger partial charge on any atom is -0.467 e. The third kappa shape index (κ3) is 7.98. The number of thioether (sulfide) groups is 1. The molecule has 8 heteroatoms. The fourth-order valence-corrected chi connectivity index (χ4v) is 3.30. The summed E-state index contributed by atoms with van der Waals surface area (Å²) in [6, 6.07) is -0.600. The molecule has 0 saturated carbocycles. The first-order chi connectivity index (χ1) is 10.5. The van der Waals surface area contributed by atoms with Crippen molar-refractivity contribution in [2.75, 3.05) is 26.0 Å². The highest BCUT2D eigenvalue weighted by molar-refractivity contribution is 7.99. The molecule has 7 nitrogen and oxygen atoms in total. The molecule has 1 aliphatic heterocycles. The molecule has 0 aromatic rings. The Kier molecular flexibility index (Phi) is 9.45. The van der Waals surface area contributed by atoms with Gasteiger partial charge in [0, 0.05) is 30.5 Å². The highest BCUT2D eigenvalue weighted by Crippen LogP contribution is 2.18. The number of aliphatic hydroxyl groups excluding tert-OH is 1. The third-order valence-corrected chi connectivity index (χ3v) is 4.76. The fourth-order valence-electron chi connectivity index (χ4n) is 2.19. The van der Waals surface area contributed by atoms with Crippen molar-refractivity contribution in [1.82, 2.24) is 16.0 Å². The van der Waals surface area contributed by atoms with Crippen molar-refractivity contribution < 1.29 is 19.4 Å². The second kappa shape index (κ2) is 10.8. The Labute approximate surface area is 135 Å². The topological polar surface area (TPSA) is 99.7 Å². The second-order valence-electron chi connectivity index (χ2n) is 5.32. The molecule has 22 heavy (non-hydrogen) atoms. The Balaban J connectivity index is 2.13. The molecule has 1 saturated heterocycles. The molecule has 0 radical (unpaired) electrons. The minimum absolute atomic E-state index is 0.124. The van der Waals surface area contributed by atoms with E-state index in [4.69, 9.17) is 0 Å². The monoisotopic (exact) mass is 333 g/mol. The van der Waals surface area contributed by atoms with E-state index in [1.165, 1.54) is 7.11 Å². The van der Waals surface area contributed by atoms with Crippen molar-refractivity contribution in [3.05, 3.63) is 0 Å². The molecule has 1 heterocycles. The largest absolute Gasteiger partial charge is 0.467 e. The average Bonchev–Trinajstić information content (AvgIpc) is 2.48. The predicted molar refractivity (Wildman–Crippen MR) is 86.3 cm³/mol. The number of hydrogen-bond acceptors (Lipinski definition) is 7. The molecule has 4 N–H and O–H groups in total. The van der Waals surface area contributed by atoms with Gasteiger partial charge in [0.2, 0.25) is 5.91 Å². The lowest BCUT2D eigenvalue weighted by Crippen LogP contribution is -2.47. The number of nitrogens with one attached hydrogen (secondary N) is 3. The smallest absolute Gasteiger partial charge is 0.328 e. The van der Waals surface area contributed by atoms with E-state index >= 15 is 0 Å². The first kappa shape index (κ1) is 19.2. The Bertz CT molecular complexity index is 357. The van der Waals surface area contributed by atoms with Gasteiger partial charge in [-0.15, -0.1) is 0 Å². The fraction of sp³-hybridized carbons (Fsp3) is 0.857. The number of methoxy groups -OCH3 is 1. The first-order valence-corrected chi connectivity index (χ1v) is 8.71. The number of ether oxygens (including phenoxy) is 1. The van der Waals surface area contributed by atoms with Crippen LogP contribution in [0.3, 0.4) is 0 Å². The molecule has 1 aliphatic rings. The number of carbonyl (C=O) groups is 2. The maximum absolute atomic E-state index is 11.7. The number of esters is 1. The zero-order chi connectivity index (χ0) is 16.4. The van der Waals surface area contributed by atoms with Crippen LogP contribution in [0.25, 0.3) is 0 Å². The van der Waals surface area contributed by atoms with Crippen LogP contribution in [0.5, 0.6) is 0 Å². The van der Waals surface area contributed by atoms with Crippen molar-refractivity contribution in [2.24, 2.45) is 0 Å². The van der Waals surface area contributed by atoms with Crippen LogP contribution in [0.1, 0.15) is 32.6 Å². The molecule has 1 fully saturated rings. The van der Waals surface area contributed by atoms with E-state index in [9.17, 15) is 14.7 Å². The van der Waals surface area contributed by atoms with Crippen LogP contribution in [-0.4, -0.2) is 60.6 Å². The average molecular weight is 333 g/mol. The zero-order valence-electron chi connectivity index (χ0n) is 13.3. The van der Waals surface area contributed by atoms with Gasteiger partial charge in [0.15, 0.2) is 6.35 Å². The molecule has 0 bridgehead atoms. The highest BCUT2D eigenvalue weighted by atomic mass is 32.2. The van der Waals surface area contributed by atoms with Gasteiger partial charge in [-0.2, -0.15) is 11.8 Å². The molecule has 0 spiro atoms. The van der Waals surface area contributed by atoms with Gasteiger partial charge >= 0.3 is 5.97 Å². The summed E-state index contributed by atoms with van der Waals surface area (Å²) in [5.41, 5.74) is 0. The van der Waals surface area contributed by atoms with Gasteiger partial charge < -0.3 is 15.2 Å². The standard InChI is InChI=1S/C14H27N3O4S/c1-10(13(19)21-2)17-12(18)6-4-3-5-11-9-16-14(20)15-7-8-22-11/h10-11,14-16,20H,3-9H2,1-2H3,(H,17,18). The Morgan fingerprint density at radius 2 is 2.18 bits per heavy atom. The molecule has 0 aromatic carbocycles. The second-order valence-corrected chi connectivity index (χ2v) is 6.72. The van der Waals surface area contributed by atoms with Gasteiger partial charge in [-0.25, -0.2) is 4.79 Å². The first-order valence-electron chi connectivity index (χ1n) is 7.66. The lowest BCUT2D eigenvalue weighted by Gasteiger charge is -2.24. The van der Waals surface area contributed by atoms with Crippen molar-refractivity contribution in [2.45, 2.75) is 50.3 Å². The lowest BCUT2D eigenvalue weighted by molar-refractivity contribution is -0.144. The molecule has 1 amide bonds. The molecular formula is C14H27N3O4S. The molecule has 3 unspecified atom stereocenters. The van der Waals surface area contributed by atoms with Gasteiger partial charge in [0.1, 0.15) is 6.04 Å². The Morgan fingerprint density at radius 3 is 2.91 bits per heavy atom. The van der Waals surface area contributed by atoms with E-state index in [0.717, 1.165) is 38.1 Å². The Morgan fingerprint density at radius 1 is 1.41 bits per heavy atom. The SMILES string of the molecule is COC(=O)C(C)NC(=O)CCCCC1CNC(O)NCCS1. The van der Waals surface area contributed by atoms with Gasteiger partial charge in [0.05, 0.1) is 7.11 Å². The van der Waals surface area contributed by atoms with Crippen LogP contribution < -0.4 is 16.0 Å². The summed E-state index contributed by atoms with van der Waals surface area (Å²) in [5.74, 6) is 0.416. The summed E-state index contributed by atoms with van der Waals surface area (Å²) in [7, 11) is 1.30. The van der Waals surface area contributed by atoms with Crippen molar-refractivity contribution in [1.29, 1.82) is 0 Å². The van der Waals surface area contributed by atoms with E-state index in [2.05, 4.69) is 20.7 Å².